The van der Waals surface area contributed by atoms with Crippen molar-refractivity contribution in [2.45, 2.75) is 53.8 Å². The van der Waals surface area contributed by atoms with E-state index >= 15 is 0 Å². The number of carbonyl (C=O) groups is 2. The minimum absolute atomic E-state index is 0. The molecule has 4 nitrogen and oxygen atoms in total. The van der Waals surface area contributed by atoms with Crippen LogP contribution in [-0.4, -0.2) is 37.8 Å². The summed E-state index contributed by atoms with van der Waals surface area (Å²) in [4.78, 5) is 21.1. The Kier molecular flexibility index (Phi) is 23.1. The number of carbonyl (C=O) groups excluding carboxylic acids is 2. The molecule has 0 radical (unpaired) electrons. The molecule has 330 valence electrons. The smallest absolute Gasteiger partial charge is 0.423 e. The maximum atomic E-state index is 11.0. The van der Waals surface area contributed by atoms with Gasteiger partial charge < -0.3 is 10.0 Å². The molecule has 0 saturated heterocycles. The molecule has 7 rings (SSSR count). The predicted molar refractivity (Wildman–Crippen MR) is 285 cm³/mol. The minimum atomic E-state index is -1.46. The van der Waals surface area contributed by atoms with Crippen LogP contribution in [0.5, 0.6) is 0 Å². The quantitative estimate of drug-likeness (QED) is 0.0620. The molecule has 2 N–H and O–H groups in total. The van der Waals surface area contributed by atoms with Gasteiger partial charge in [-0.3, -0.25) is 9.59 Å². The maximum Gasteiger partial charge on any atom is 0.488 e. The Balaban J connectivity index is 0.000000241. The lowest BCUT2D eigenvalue weighted by atomic mass is 9.80. The number of allylic oxidation sites excluding steroid dienone is 2. The van der Waals surface area contributed by atoms with Crippen molar-refractivity contribution in [3.63, 3.8) is 0 Å². The van der Waals surface area contributed by atoms with Crippen LogP contribution in [0.2, 0.25) is 19.6 Å². The zero-order chi connectivity index (χ0) is 46.2. The summed E-state index contributed by atoms with van der Waals surface area (Å²) < 4.78 is 1.19. The fourth-order valence-electron chi connectivity index (χ4n) is 6.42. The van der Waals surface area contributed by atoms with Crippen LogP contribution in [0.25, 0.3) is 21.2 Å². The summed E-state index contributed by atoms with van der Waals surface area (Å²) in [5.41, 5.74) is 16.0. The van der Waals surface area contributed by atoms with E-state index in [1.807, 2.05) is 78.9 Å². The van der Waals surface area contributed by atoms with Gasteiger partial charge in [-0.15, -0.1) is 5.54 Å². The number of hydrogen-bond donors (Lipinski definition) is 2. The topological polar surface area (TPSA) is 74.6 Å². The first-order chi connectivity index (χ1) is 31.0. The zero-order valence-corrected chi connectivity index (χ0v) is 39.9. The average molecular weight is 940 g/mol. The van der Waals surface area contributed by atoms with Gasteiger partial charge in [0.15, 0.2) is 0 Å². The van der Waals surface area contributed by atoms with E-state index in [9.17, 15) is 9.59 Å². The fraction of sp³-hybridized carbons (Fsp3) is 0.138. The summed E-state index contributed by atoms with van der Waals surface area (Å²) in [7, 11) is -2.66. The first kappa shape index (κ1) is 52.9. The van der Waals surface area contributed by atoms with Crippen molar-refractivity contribution in [1.29, 1.82) is 0 Å². The average Bonchev–Trinajstić information content (AvgIpc) is 3.34. The normalized spacial score (nSPS) is 11.0. The molecular weight excluding hydrogens is 879 g/mol. The van der Waals surface area contributed by atoms with E-state index in [0.29, 0.717) is 22.9 Å². The van der Waals surface area contributed by atoms with Gasteiger partial charge in [0, 0.05) is 21.2 Å². The summed E-state index contributed by atoms with van der Waals surface area (Å²) in [5.74, 6) is 3.20. The van der Waals surface area contributed by atoms with Crippen LogP contribution in [0.15, 0.2) is 200 Å². The zero-order valence-electron chi connectivity index (χ0n) is 37.3. The summed E-state index contributed by atoms with van der Waals surface area (Å²) in [5, 5.41) is 17.3. The molecule has 0 spiro atoms. The van der Waals surface area contributed by atoms with Crippen LogP contribution in [0, 0.1) is 11.5 Å². The highest BCUT2D eigenvalue weighted by molar-refractivity contribution is 9.15. The van der Waals surface area contributed by atoms with Gasteiger partial charge >= 0.3 is 7.12 Å². The molecule has 7 heteroatoms. The van der Waals surface area contributed by atoms with E-state index in [1.54, 1.807) is 0 Å². The highest BCUT2D eigenvalue weighted by atomic mass is 79.9. The minimum Gasteiger partial charge on any atom is -0.423 e. The molecule has 0 unspecified atom stereocenters. The largest absolute Gasteiger partial charge is 0.488 e. The van der Waals surface area contributed by atoms with E-state index in [2.05, 4.69) is 158 Å². The molecular formula is C58H60BBrO4Si. The number of aldehydes is 2. The van der Waals surface area contributed by atoms with Crippen LogP contribution in [0.3, 0.4) is 0 Å². The Morgan fingerprint density at radius 1 is 0.508 bits per heavy atom. The van der Waals surface area contributed by atoms with Crippen LogP contribution in [-0.2, 0) is 0 Å². The Hall–Kier alpha value is -6.40. The summed E-state index contributed by atoms with van der Waals surface area (Å²) >= 11 is 3.73. The van der Waals surface area contributed by atoms with Gasteiger partial charge in [0.05, 0.1) is 0 Å². The highest BCUT2D eigenvalue weighted by Gasteiger charge is 2.13. The van der Waals surface area contributed by atoms with Gasteiger partial charge in [-0.05, 0) is 90.9 Å². The Morgan fingerprint density at radius 2 is 0.862 bits per heavy atom. The molecule has 0 aromatic heterocycles. The lowest BCUT2D eigenvalue weighted by Gasteiger charge is -2.16. The predicted octanol–water partition coefficient (Wildman–Crippen LogP) is 14.0. The number of benzene rings is 7. The number of halogens is 1. The van der Waals surface area contributed by atoms with Gasteiger partial charge in [0.1, 0.15) is 20.6 Å². The van der Waals surface area contributed by atoms with Crippen molar-refractivity contribution in [3.8, 4) is 11.5 Å². The summed E-state index contributed by atoms with van der Waals surface area (Å²) in [6, 6.07) is 65.9. The maximum absolute atomic E-state index is 11.0. The van der Waals surface area contributed by atoms with Gasteiger partial charge in [0.2, 0.25) is 0 Å². The Morgan fingerprint density at radius 3 is 1.25 bits per heavy atom. The van der Waals surface area contributed by atoms with E-state index < -0.39 is 15.2 Å². The molecule has 7 aromatic rings. The van der Waals surface area contributed by atoms with Crippen LogP contribution < -0.4 is 5.46 Å². The molecule has 7 aromatic carbocycles. The molecule has 0 bridgehead atoms. The standard InChI is InChI=1S/C23H20O.C16H15Br.C11H14Si.C7H7BO3.CH4/c1-2-22(19-9-5-3-6-10-19)23(20-11-7-4-8-12-20)21-15-13-18(17-24)14-16-21;1-2-15(13-9-5-3-6-10-13)16(17)14-11-7-4-8-12-14;1-12(2,3)10-9-11-7-5-4-6-8-11;9-5-6-1-3-7(4-2-6)8(10)11;/h3-17H,2H2,1H3;3-12H,2H2,1H3;4-8H,1-3H3;1-5,10-11H;1H4/b23-22-;16-15-;;;. The van der Waals surface area contributed by atoms with Crippen molar-refractivity contribution in [2.75, 3.05) is 0 Å². The molecule has 65 heavy (non-hydrogen) atoms. The second kappa shape index (κ2) is 28.4. The van der Waals surface area contributed by atoms with Crippen LogP contribution in [0.1, 0.15) is 88.2 Å². The molecule has 0 aliphatic carbocycles. The SMILES string of the molecule is C.CC/C(=C(/Br)c1ccccc1)c1ccccc1.CC/C(=C(\c1ccccc1)c1ccc(C=O)cc1)c1ccccc1.C[Si](C)(C)C#Cc1ccccc1.O=Cc1ccc(B(O)O)cc1. The van der Waals surface area contributed by atoms with Crippen molar-refractivity contribution in [1.82, 2.24) is 0 Å². The lowest BCUT2D eigenvalue weighted by molar-refractivity contribution is 0.111. The fourth-order valence-corrected chi connectivity index (χ4v) is 7.72. The molecule has 0 atom stereocenters. The molecule has 0 saturated carbocycles. The molecule has 0 amide bonds. The van der Waals surface area contributed by atoms with E-state index in [-0.39, 0.29) is 7.43 Å². The van der Waals surface area contributed by atoms with Crippen molar-refractivity contribution < 1.29 is 19.6 Å². The highest BCUT2D eigenvalue weighted by Crippen LogP contribution is 2.35. The second-order valence-electron chi connectivity index (χ2n) is 15.6. The first-order valence-electron chi connectivity index (χ1n) is 21.4. The van der Waals surface area contributed by atoms with Crippen LogP contribution >= 0.6 is 15.9 Å². The second-order valence-corrected chi connectivity index (χ2v) is 21.1. The van der Waals surface area contributed by atoms with Crippen molar-refractivity contribution >= 4 is 70.4 Å². The van der Waals surface area contributed by atoms with Gasteiger partial charge in [0.25, 0.3) is 0 Å². The van der Waals surface area contributed by atoms with Gasteiger partial charge in [-0.1, -0.05) is 235 Å². The van der Waals surface area contributed by atoms with Crippen molar-refractivity contribution in [3.05, 3.63) is 245 Å². The third kappa shape index (κ3) is 18.0. The Labute approximate surface area is 397 Å². The van der Waals surface area contributed by atoms with E-state index in [0.717, 1.165) is 30.3 Å². The van der Waals surface area contributed by atoms with Crippen molar-refractivity contribution in [2.24, 2.45) is 0 Å². The van der Waals surface area contributed by atoms with Crippen LogP contribution in [0.4, 0.5) is 0 Å². The molecule has 0 aliphatic heterocycles. The van der Waals surface area contributed by atoms with Gasteiger partial charge in [-0.2, -0.15) is 0 Å². The summed E-state index contributed by atoms with van der Waals surface area (Å²) in [6.45, 7) is 11.1. The van der Waals surface area contributed by atoms with E-state index in [4.69, 9.17) is 10.0 Å². The van der Waals surface area contributed by atoms with Gasteiger partial charge in [-0.25, -0.2) is 0 Å². The monoisotopic (exact) mass is 938 g/mol. The molecule has 0 aliphatic rings. The number of hydrogen-bond acceptors (Lipinski definition) is 4. The molecule has 0 heterocycles. The lowest BCUT2D eigenvalue weighted by Crippen LogP contribution is -2.29. The van der Waals surface area contributed by atoms with E-state index in [1.165, 1.54) is 67.7 Å². The first-order valence-corrected chi connectivity index (χ1v) is 25.7. The summed E-state index contributed by atoms with van der Waals surface area (Å²) in [6.07, 6.45) is 3.53. The third-order valence-electron chi connectivity index (χ3n) is 9.67. The number of rotatable bonds is 10. The Bertz CT molecular complexity index is 2580. The molecule has 0 fully saturated rings. The third-order valence-corrected chi connectivity index (χ3v) is 11.5.